The third-order valence-corrected chi connectivity index (χ3v) is 6.67. The molecular weight excluding hydrogens is 402 g/mol. The number of benzene rings is 2. The van der Waals surface area contributed by atoms with Crippen molar-refractivity contribution in [1.29, 1.82) is 0 Å². The Morgan fingerprint density at radius 2 is 1.93 bits per heavy atom. The van der Waals surface area contributed by atoms with E-state index in [4.69, 9.17) is 9.47 Å². The molecule has 1 atom stereocenters. The number of ether oxygens (including phenoxy) is 2. The zero-order valence-corrected chi connectivity index (χ0v) is 17.9. The van der Waals surface area contributed by atoms with Gasteiger partial charge in [-0.25, -0.2) is 8.42 Å². The number of H-pyrrole nitrogens is 1. The van der Waals surface area contributed by atoms with Crippen LogP contribution in [0.3, 0.4) is 0 Å². The lowest BCUT2D eigenvalue weighted by molar-refractivity contribution is -0.143. The van der Waals surface area contributed by atoms with Crippen LogP contribution in [0.25, 0.3) is 10.9 Å². The van der Waals surface area contributed by atoms with Crippen molar-refractivity contribution in [3.8, 4) is 5.75 Å². The van der Waals surface area contributed by atoms with Gasteiger partial charge in [0.05, 0.1) is 17.9 Å². The molecule has 0 saturated heterocycles. The fourth-order valence-electron chi connectivity index (χ4n) is 4.04. The van der Waals surface area contributed by atoms with E-state index in [2.05, 4.69) is 4.98 Å². The molecule has 0 spiro atoms. The van der Waals surface area contributed by atoms with Gasteiger partial charge in [-0.05, 0) is 61.2 Å². The molecule has 1 aliphatic carbocycles. The highest BCUT2D eigenvalue weighted by Gasteiger charge is 2.29. The van der Waals surface area contributed by atoms with Crippen LogP contribution in [-0.2, 0) is 32.4 Å². The lowest BCUT2D eigenvalue weighted by atomic mass is 10.0. The Hall–Kier alpha value is -2.80. The number of sulfone groups is 1. The Morgan fingerprint density at radius 1 is 1.17 bits per heavy atom. The molecule has 7 heteroatoms. The van der Waals surface area contributed by atoms with Crippen LogP contribution in [-0.4, -0.2) is 32.2 Å². The summed E-state index contributed by atoms with van der Waals surface area (Å²) in [7, 11) is -3.20. The Bertz CT molecular complexity index is 1180. The van der Waals surface area contributed by atoms with Crippen LogP contribution >= 0.6 is 0 Å². The molecule has 0 saturated carbocycles. The Kier molecular flexibility index (Phi) is 5.56. The maximum absolute atomic E-state index is 11.9. The monoisotopic (exact) mass is 427 g/mol. The molecule has 6 nitrogen and oxygen atoms in total. The SMILES string of the molecule is CCOC(=O)CC1CCc2c1[nH]c1ccc(OCc3ccc(S(C)(=O)=O)cc3)cc21. The average Bonchev–Trinajstić information content (AvgIpc) is 3.26. The van der Waals surface area contributed by atoms with Gasteiger partial charge in [0.15, 0.2) is 9.84 Å². The van der Waals surface area contributed by atoms with E-state index in [1.807, 2.05) is 25.1 Å². The van der Waals surface area contributed by atoms with Crippen LogP contribution in [0.2, 0.25) is 0 Å². The number of carbonyl (C=O) groups is 1. The van der Waals surface area contributed by atoms with E-state index >= 15 is 0 Å². The van der Waals surface area contributed by atoms with Gasteiger partial charge in [0.2, 0.25) is 0 Å². The Labute approximate surface area is 176 Å². The van der Waals surface area contributed by atoms with Crippen LogP contribution in [0.5, 0.6) is 5.75 Å². The second kappa shape index (κ2) is 8.14. The summed E-state index contributed by atoms with van der Waals surface area (Å²) in [6.07, 6.45) is 3.46. The van der Waals surface area contributed by atoms with Gasteiger partial charge in [0.25, 0.3) is 0 Å². The number of hydrogen-bond acceptors (Lipinski definition) is 5. The number of carbonyl (C=O) groups excluding carboxylic acids is 1. The van der Waals surface area contributed by atoms with Crippen molar-refractivity contribution >= 4 is 26.7 Å². The molecular formula is C23H25NO5S. The van der Waals surface area contributed by atoms with Gasteiger partial charge in [-0.3, -0.25) is 4.79 Å². The number of fused-ring (bicyclic) bond motifs is 3. The summed E-state index contributed by atoms with van der Waals surface area (Å²) in [4.78, 5) is 15.7. The van der Waals surface area contributed by atoms with Crippen molar-refractivity contribution in [2.45, 2.75) is 43.6 Å². The minimum atomic E-state index is -3.20. The molecule has 1 unspecified atom stereocenters. The van der Waals surface area contributed by atoms with Gasteiger partial charge in [-0.1, -0.05) is 12.1 Å². The summed E-state index contributed by atoms with van der Waals surface area (Å²) < 4.78 is 34.2. The molecule has 4 rings (SSSR count). The van der Waals surface area contributed by atoms with Crippen molar-refractivity contribution in [3.05, 3.63) is 59.3 Å². The number of nitrogens with one attached hydrogen (secondary N) is 1. The highest BCUT2D eigenvalue weighted by molar-refractivity contribution is 7.90. The minimum Gasteiger partial charge on any atom is -0.489 e. The van der Waals surface area contributed by atoms with Crippen molar-refractivity contribution in [2.75, 3.05) is 12.9 Å². The van der Waals surface area contributed by atoms with Gasteiger partial charge >= 0.3 is 5.97 Å². The van der Waals surface area contributed by atoms with E-state index in [9.17, 15) is 13.2 Å². The van der Waals surface area contributed by atoms with Gasteiger partial charge in [-0.15, -0.1) is 0 Å². The van der Waals surface area contributed by atoms with Crippen molar-refractivity contribution in [3.63, 3.8) is 0 Å². The lowest BCUT2D eigenvalue weighted by Gasteiger charge is -2.09. The van der Waals surface area contributed by atoms with Crippen LogP contribution in [0, 0.1) is 0 Å². The Morgan fingerprint density at radius 3 is 2.63 bits per heavy atom. The van der Waals surface area contributed by atoms with Crippen LogP contribution in [0.1, 0.15) is 42.5 Å². The van der Waals surface area contributed by atoms with Crippen LogP contribution in [0.4, 0.5) is 0 Å². The highest BCUT2D eigenvalue weighted by Crippen LogP contribution is 2.40. The van der Waals surface area contributed by atoms with E-state index in [1.165, 1.54) is 11.8 Å². The summed E-state index contributed by atoms with van der Waals surface area (Å²) in [5, 5.41) is 1.13. The third kappa shape index (κ3) is 4.21. The maximum atomic E-state index is 11.9. The average molecular weight is 428 g/mol. The first-order valence-electron chi connectivity index (χ1n) is 10.1. The van der Waals surface area contributed by atoms with Gasteiger partial charge in [0, 0.05) is 28.8 Å². The predicted molar refractivity (Wildman–Crippen MR) is 114 cm³/mol. The molecule has 0 aliphatic heterocycles. The van der Waals surface area contributed by atoms with Gasteiger partial charge in [0.1, 0.15) is 12.4 Å². The summed E-state index contributed by atoms with van der Waals surface area (Å²) in [6.45, 7) is 2.58. The first-order chi connectivity index (χ1) is 14.3. The van der Waals surface area contributed by atoms with E-state index in [0.717, 1.165) is 40.8 Å². The molecule has 158 valence electrons. The largest absolute Gasteiger partial charge is 0.489 e. The summed E-state index contributed by atoms with van der Waals surface area (Å²) in [5.74, 6) is 0.773. The lowest BCUT2D eigenvalue weighted by Crippen LogP contribution is -2.08. The highest BCUT2D eigenvalue weighted by atomic mass is 32.2. The number of rotatable bonds is 7. The maximum Gasteiger partial charge on any atom is 0.306 e. The number of aromatic nitrogens is 1. The molecule has 3 aromatic rings. The molecule has 30 heavy (non-hydrogen) atoms. The molecule has 0 fully saturated rings. The van der Waals surface area contributed by atoms with E-state index in [0.29, 0.717) is 24.5 Å². The van der Waals surface area contributed by atoms with Gasteiger partial charge < -0.3 is 14.5 Å². The molecule has 0 bridgehead atoms. The molecule has 1 aliphatic rings. The number of hydrogen-bond donors (Lipinski definition) is 1. The van der Waals surface area contributed by atoms with E-state index in [1.54, 1.807) is 24.3 Å². The van der Waals surface area contributed by atoms with Crippen molar-refractivity contribution in [2.24, 2.45) is 0 Å². The molecule has 1 heterocycles. The van der Waals surface area contributed by atoms with E-state index in [-0.39, 0.29) is 11.9 Å². The minimum absolute atomic E-state index is 0.153. The molecule has 2 aromatic carbocycles. The molecule has 0 amide bonds. The van der Waals surface area contributed by atoms with Crippen molar-refractivity contribution in [1.82, 2.24) is 4.98 Å². The Balaban J connectivity index is 1.48. The first kappa shape index (κ1) is 20.5. The van der Waals surface area contributed by atoms with E-state index < -0.39 is 9.84 Å². The molecule has 1 N–H and O–H groups in total. The fourth-order valence-corrected chi connectivity index (χ4v) is 4.67. The third-order valence-electron chi connectivity index (χ3n) is 5.54. The fraction of sp³-hybridized carbons (Fsp3) is 0.348. The summed E-state index contributed by atoms with van der Waals surface area (Å²) >= 11 is 0. The van der Waals surface area contributed by atoms with Crippen LogP contribution in [0.15, 0.2) is 47.4 Å². The van der Waals surface area contributed by atoms with Crippen LogP contribution < -0.4 is 4.74 Å². The zero-order valence-electron chi connectivity index (χ0n) is 17.1. The summed E-state index contributed by atoms with van der Waals surface area (Å²) in [6, 6.07) is 12.7. The van der Waals surface area contributed by atoms with Gasteiger partial charge in [-0.2, -0.15) is 0 Å². The number of esters is 1. The quantitative estimate of drug-likeness (QED) is 0.573. The predicted octanol–water partition coefficient (Wildman–Crippen LogP) is 4.13. The second-order valence-corrected chi connectivity index (χ2v) is 9.69. The summed E-state index contributed by atoms with van der Waals surface area (Å²) in [5.41, 5.74) is 4.32. The standard InChI is InChI=1S/C23H25NO5S/c1-3-28-22(25)12-16-6-10-19-20-13-17(7-11-21(20)24-23(16)19)29-14-15-4-8-18(9-5-15)30(2,26)27/h4-5,7-9,11,13,16,24H,3,6,10,12,14H2,1-2H3. The van der Waals surface area contributed by atoms with Crippen molar-refractivity contribution < 1.29 is 22.7 Å². The molecule has 1 aromatic heterocycles. The molecule has 0 radical (unpaired) electrons. The number of aryl methyl sites for hydroxylation is 1. The number of aromatic amines is 1. The zero-order chi connectivity index (χ0) is 21.3. The topological polar surface area (TPSA) is 85.5 Å². The smallest absolute Gasteiger partial charge is 0.306 e. The second-order valence-electron chi connectivity index (χ2n) is 7.67. The first-order valence-corrected chi connectivity index (χ1v) is 12.0. The normalized spacial score (nSPS) is 15.9.